The zero-order chi connectivity index (χ0) is 23.0. The molecule has 164 valence electrons. The van der Waals surface area contributed by atoms with Gasteiger partial charge >= 0.3 is 11.7 Å². The summed E-state index contributed by atoms with van der Waals surface area (Å²) in [5, 5.41) is 0.447. The number of nitrogens with one attached hydrogen (secondary N) is 2. The summed E-state index contributed by atoms with van der Waals surface area (Å²) in [6, 6.07) is 6.88. The minimum atomic E-state index is -0.392. The van der Waals surface area contributed by atoms with Crippen LogP contribution in [0.15, 0.2) is 33.9 Å². The van der Waals surface area contributed by atoms with Crippen LogP contribution in [0, 0.1) is 11.8 Å². The summed E-state index contributed by atoms with van der Waals surface area (Å²) in [5.74, 6) is 6.12. The maximum atomic E-state index is 12.1. The highest BCUT2D eigenvalue weighted by molar-refractivity contribution is 6.32. The molecule has 2 aromatic heterocycles. The maximum absolute atomic E-state index is 12.1. The minimum absolute atomic E-state index is 0.0409. The van der Waals surface area contributed by atoms with Gasteiger partial charge in [0.2, 0.25) is 0 Å². The number of hydrogen-bond acceptors (Lipinski definition) is 5. The van der Waals surface area contributed by atoms with Gasteiger partial charge < -0.3 is 9.72 Å². The van der Waals surface area contributed by atoms with E-state index in [1.54, 1.807) is 24.3 Å². The van der Waals surface area contributed by atoms with Crippen LogP contribution in [-0.4, -0.2) is 25.5 Å². The highest BCUT2D eigenvalue weighted by Crippen LogP contribution is 2.32. The van der Waals surface area contributed by atoms with Crippen LogP contribution in [0.3, 0.4) is 0 Å². The lowest BCUT2D eigenvalue weighted by Gasteiger charge is -2.01. The van der Waals surface area contributed by atoms with Gasteiger partial charge in [0.05, 0.1) is 5.02 Å². The van der Waals surface area contributed by atoms with Gasteiger partial charge in [-0.1, -0.05) is 50.4 Å². The lowest BCUT2D eigenvalue weighted by Crippen LogP contribution is -2.34. The molecule has 31 heavy (non-hydrogen) atoms. The lowest BCUT2D eigenvalue weighted by atomic mass is 10.3. The number of esters is 1. The number of benzene rings is 1. The van der Waals surface area contributed by atoms with Crippen LogP contribution < -0.4 is 16.0 Å². The third-order valence-electron chi connectivity index (χ3n) is 3.97. The van der Waals surface area contributed by atoms with E-state index in [2.05, 4.69) is 26.8 Å². The quantitative estimate of drug-likeness (QED) is 0.355. The molecular weight excluding hydrogens is 420 g/mol. The van der Waals surface area contributed by atoms with E-state index in [9.17, 15) is 14.4 Å². The number of fused-ring (bicyclic) bond motifs is 1. The molecular formula is C22H25ClN4O4. The van der Waals surface area contributed by atoms with Crippen LogP contribution in [0.5, 0.6) is 5.75 Å². The smallest absolute Gasteiger partial charge is 0.330 e. The van der Waals surface area contributed by atoms with E-state index >= 15 is 0 Å². The van der Waals surface area contributed by atoms with Crippen molar-refractivity contribution in [2.24, 2.45) is 0 Å². The Morgan fingerprint density at radius 2 is 1.94 bits per heavy atom. The largest absolute Gasteiger partial charge is 0.425 e. The molecule has 3 aromatic rings. The first kappa shape index (κ1) is 24.0. The second kappa shape index (κ2) is 11.2. The summed E-state index contributed by atoms with van der Waals surface area (Å²) in [4.78, 5) is 44.0. The van der Waals surface area contributed by atoms with Crippen molar-refractivity contribution in [3.63, 3.8) is 0 Å². The van der Waals surface area contributed by atoms with Crippen molar-refractivity contribution >= 4 is 28.7 Å². The summed E-state index contributed by atoms with van der Waals surface area (Å²) < 4.78 is 6.04. The molecule has 0 saturated heterocycles. The van der Waals surface area contributed by atoms with Crippen molar-refractivity contribution in [1.82, 2.24) is 19.5 Å². The number of carbonyl (C=O) groups excluding carboxylic acids is 1. The maximum Gasteiger partial charge on any atom is 0.330 e. The first-order chi connectivity index (χ1) is 14.9. The molecule has 4 rings (SSSR count). The van der Waals surface area contributed by atoms with Gasteiger partial charge in [0.15, 0.2) is 17.0 Å². The molecule has 1 aliphatic carbocycles. The van der Waals surface area contributed by atoms with Crippen molar-refractivity contribution in [2.75, 3.05) is 0 Å². The number of para-hydroxylation sites is 1. The fraction of sp³-hybridized carbons (Fsp3) is 0.364. The number of rotatable bonds is 2. The van der Waals surface area contributed by atoms with E-state index in [0.717, 1.165) is 12.8 Å². The molecule has 0 amide bonds. The Morgan fingerprint density at radius 1 is 1.26 bits per heavy atom. The van der Waals surface area contributed by atoms with Gasteiger partial charge in [-0.15, -0.1) is 0 Å². The highest BCUT2D eigenvalue weighted by atomic mass is 35.5. The van der Waals surface area contributed by atoms with Crippen molar-refractivity contribution in [1.29, 1.82) is 0 Å². The van der Waals surface area contributed by atoms with Gasteiger partial charge in [-0.25, -0.2) is 9.78 Å². The van der Waals surface area contributed by atoms with Crippen molar-refractivity contribution in [3.05, 3.63) is 56.0 Å². The van der Waals surface area contributed by atoms with Crippen LogP contribution in [0.25, 0.3) is 11.2 Å². The van der Waals surface area contributed by atoms with Crippen LogP contribution in [0.1, 0.15) is 58.8 Å². The average Bonchev–Trinajstić information content (AvgIpc) is 3.49. The second-order valence-electron chi connectivity index (χ2n) is 6.32. The molecule has 1 saturated carbocycles. The van der Waals surface area contributed by atoms with Crippen LogP contribution in [0.4, 0.5) is 0 Å². The Bertz CT molecular complexity index is 1230. The normalized spacial score (nSPS) is 11.9. The Balaban J connectivity index is 0.000000226. The fourth-order valence-corrected chi connectivity index (χ4v) is 2.75. The Labute approximate surface area is 184 Å². The van der Waals surface area contributed by atoms with Gasteiger partial charge in [0, 0.05) is 19.4 Å². The lowest BCUT2D eigenvalue weighted by molar-refractivity contribution is -0.131. The monoisotopic (exact) mass is 444 g/mol. The zero-order valence-electron chi connectivity index (χ0n) is 17.9. The van der Waals surface area contributed by atoms with Gasteiger partial charge in [-0.3, -0.25) is 19.1 Å². The Hall–Kier alpha value is -3.31. The molecule has 0 radical (unpaired) electrons. The van der Waals surface area contributed by atoms with Crippen LogP contribution in [-0.2, 0) is 4.79 Å². The Morgan fingerprint density at radius 3 is 2.52 bits per heavy atom. The van der Waals surface area contributed by atoms with E-state index < -0.39 is 5.69 Å². The van der Waals surface area contributed by atoms with E-state index in [4.69, 9.17) is 16.3 Å². The summed E-state index contributed by atoms with van der Waals surface area (Å²) in [5.41, 5.74) is -0.103. The first-order valence-corrected chi connectivity index (χ1v) is 10.4. The average molecular weight is 445 g/mol. The van der Waals surface area contributed by atoms with Gasteiger partial charge in [-0.2, -0.15) is 0 Å². The van der Waals surface area contributed by atoms with Crippen molar-refractivity contribution in [3.8, 4) is 17.6 Å². The number of halogens is 1. The highest BCUT2D eigenvalue weighted by Gasteiger charge is 2.28. The third kappa shape index (κ3) is 6.33. The van der Waals surface area contributed by atoms with Crippen LogP contribution in [0.2, 0.25) is 5.02 Å². The van der Waals surface area contributed by atoms with Gasteiger partial charge in [0.25, 0.3) is 5.56 Å². The first-order valence-electron chi connectivity index (χ1n) is 10.1. The topological polar surface area (TPSA) is 110 Å². The molecule has 9 heteroatoms. The van der Waals surface area contributed by atoms with E-state index in [0.29, 0.717) is 28.5 Å². The molecule has 2 heterocycles. The molecule has 0 unspecified atom stereocenters. The number of aromatic nitrogens is 4. The van der Waals surface area contributed by atoms with Crippen molar-refractivity contribution in [2.45, 2.75) is 53.0 Å². The van der Waals surface area contributed by atoms with Crippen molar-refractivity contribution < 1.29 is 9.53 Å². The molecule has 1 aromatic carbocycles. The molecule has 0 spiro atoms. The molecule has 2 N–H and O–H groups in total. The number of H-pyrrole nitrogens is 2. The van der Waals surface area contributed by atoms with Gasteiger partial charge in [-0.05, 0) is 30.9 Å². The molecule has 0 bridgehead atoms. The predicted octanol–water partition coefficient (Wildman–Crippen LogP) is 3.80. The summed E-state index contributed by atoms with van der Waals surface area (Å²) in [7, 11) is 0. The molecule has 0 aliphatic heterocycles. The number of imidazole rings is 1. The Kier molecular flexibility index (Phi) is 8.64. The molecule has 0 atom stereocenters. The summed E-state index contributed by atoms with van der Waals surface area (Å²) in [6.07, 6.45) is 2.47. The number of carbonyl (C=O) groups is 1. The van der Waals surface area contributed by atoms with Crippen LogP contribution >= 0.6 is 11.6 Å². The minimum Gasteiger partial charge on any atom is -0.425 e. The molecule has 1 aliphatic rings. The summed E-state index contributed by atoms with van der Waals surface area (Å²) >= 11 is 5.69. The number of ether oxygens (including phenoxy) is 1. The second-order valence-corrected chi connectivity index (χ2v) is 6.73. The number of aromatic amines is 2. The van der Waals surface area contributed by atoms with E-state index in [1.165, 1.54) is 11.5 Å². The standard InChI is InChI=1S/C12H12N4O2.C8H7ClO2.C2H6/c1-2-3-4-8-13-9-10(14-8)15-12(18)16(11(9)17)7-5-6-7;1-6(10)11-8-5-3-2-4-7(8)9;1-2/h7H,2,5-6H2,1H3,(H,13,14)(H,15,18);2-5H,1H3;1-2H3. The van der Waals surface area contributed by atoms with Gasteiger partial charge in [0.1, 0.15) is 5.75 Å². The molecule has 1 fully saturated rings. The third-order valence-corrected chi connectivity index (χ3v) is 4.28. The zero-order valence-corrected chi connectivity index (χ0v) is 18.7. The number of nitrogens with zero attached hydrogens (tertiary/aromatic N) is 2. The summed E-state index contributed by atoms with van der Waals surface area (Å²) in [6.45, 7) is 7.26. The predicted molar refractivity (Wildman–Crippen MR) is 121 cm³/mol. The molecule has 8 nitrogen and oxygen atoms in total. The van der Waals surface area contributed by atoms with E-state index in [-0.39, 0.29) is 23.2 Å². The SMILES string of the molecule is CC.CC(=O)Oc1ccccc1Cl.CCC#Cc1nc2[nH]c(=O)n(C3CC3)c(=O)c2[nH]1. The van der Waals surface area contributed by atoms with E-state index in [1.807, 2.05) is 20.8 Å². The number of hydrogen-bond donors (Lipinski definition) is 2. The fourth-order valence-electron chi connectivity index (χ4n) is 2.57.